The van der Waals surface area contributed by atoms with Gasteiger partial charge in [-0.25, -0.2) is 9.79 Å². The number of ether oxygens (including phenoxy) is 1. The standard InChI is InChI=1S/C23H24N4O3S/c1-5-26-13-17(14(3)25-26)12-18-21(28)27-20(16-10-8-7-9-11-16)19(22(29)30-6-2)15(4)24-23(27)31-18/h7-13,20H,5-6H2,1-4H3/t20-/m1/s1. The highest BCUT2D eigenvalue weighted by Gasteiger charge is 2.33. The number of carbonyl (C=O) groups excluding carboxylic acids is 1. The molecule has 0 saturated heterocycles. The van der Waals surface area contributed by atoms with Crippen LogP contribution in [-0.2, 0) is 16.1 Å². The van der Waals surface area contributed by atoms with Crippen LogP contribution in [0, 0.1) is 6.92 Å². The summed E-state index contributed by atoms with van der Waals surface area (Å²) in [6, 6.07) is 8.93. The fourth-order valence-electron chi connectivity index (χ4n) is 3.72. The van der Waals surface area contributed by atoms with Gasteiger partial charge in [-0.2, -0.15) is 5.10 Å². The molecule has 0 aliphatic carbocycles. The molecule has 1 aliphatic heterocycles. The summed E-state index contributed by atoms with van der Waals surface area (Å²) in [7, 11) is 0. The molecule has 0 unspecified atom stereocenters. The summed E-state index contributed by atoms with van der Waals surface area (Å²) in [5.41, 5.74) is 3.36. The first-order valence-corrected chi connectivity index (χ1v) is 11.0. The molecule has 0 fully saturated rings. The van der Waals surface area contributed by atoms with E-state index in [0.29, 0.717) is 20.6 Å². The van der Waals surface area contributed by atoms with Gasteiger partial charge in [0.25, 0.3) is 5.56 Å². The van der Waals surface area contributed by atoms with E-state index in [1.165, 1.54) is 11.3 Å². The van der Waals surface area contributed by atoms with Crippen LogP contribution in [0.1, 0.15) is 43.6 Å². The molecule has 0 saturated carbocycles. The van der Waals surface area contributed by atoms with Gasteiger partial charge < -0.3 is 4.74 Å². The van der Waals surface area contributed by atoms with Crippen molar-refractivity contribution in [3.8, 4) is 0 Å². The van der Waals surface area contributed by atoms with E-state index < -0.39 is 12.0 Å². The Kier molecular flexibility index (Phi) is 5.73. The fraction of sp³-hybridized carbons (Fsp3) is 0.304. The minimum Gasteiger partial charge on any atom is -0.463 e. The Morgan fingerprint density at radius 3 is 2.61 bits per heavy atom. The van der Waals surface area contributed by atoms with Crippen LogP contribution in [0.2, 0.25) is 0 Å². The largest absolute Gasteiger partial charge is 0.463 e. The minimum absolute atomic E-state index is 0.185. The Hall–Kier alpha value is -3.26. The molecule has 7 nitrogen and oxygen atoms in total. The number of benzene rings is 1. The number of hydrogen-bond donors (Lipinski definition) is 0. The maximum absolute atomic E-state index is 13.5. The average molecular weight is 437 g/mol. The van der Waals surface area contributed by atoms with E-state index in [2.05, 4.69) is 10.1 Å². The summed E-state index contributed by atoms with van der Waals surface area (Å²) in [5, 5.41) is 4.46. The lowest BCUT2D eigenvalue weighted by molar-refractivity contribution is -0.139. The molecule has 2 aromatic heterocycles. The lowest BCUT2D eigenvalue weighted by Crippen LogP contribution is -2.39. The Labute approximate surface area is 183 Å². The number of nitrogens with zero attached hydrogens (tertiary/aromatic N) is 4. The molecule has 1 aromatic carbocycles. The molecule has 4 rings (SSSR count). The van der Waals surface area contributed by atoms with E-state index in [4.69, 9.17) is 4.74 Å². The van der Waals surface area contributed by atoms with Crippen molar-refractivity contribution in [3.63, 3.8) is 0 Å². The maximum Gasteiger partial charge on any atom is 0.338 e. The summed E-state index contributed by atoms with van der Waals surface area (Å²) >= 11 is 1.32. The monoisotopic (exact) mass is 436 g/mol. The third-order valence-electron chi connectivity index (χ3n) is 5.23. The van der Waals surface area contributed by atoms with Crippen molar-refractivity contribution in [3.05, 3.63) is 84.3 Å². The van der Waals surface area contributed by atoms with Crippen LogP contribution in [0.5, 0.6) is 0 Å². The van der Waals surface area contributed by atoms with Crippen molar-refractivity contribution >= 4 is 23.4 Å². The molecule has 0 amide bonds. The molecule has 0 radical (unpaired) electrons. The van der Waals surface area contributed by atoms with Gasteiger partial charge in [0.2, 0.25) is 0 Å². The highest BCUT2D eigenvalue weighted by molar-refractivity contribution is 7.07. The van der Waals surface area contributed by atoms with Gasteiger partial charge in [0.1, 0.15) is 0 Å². The van der Waals surface area contributed by atoms with E-state index in [1.807, 2.05) is 61.1 Å². The molecular formula is C23H24N4O3S. The van der Waals surface area contributed by atoms with E-state index >= 15 is 0 Å². The summed E-state index contributed by atoms with van der Waals surface area (Å²) in [4.78, 5) is 31.5. The van der Waals surface area contributed by atoms with Crippen LogP contribution < -0.4 is 14.9 Å². The van der Waals surface area contributed by atoms with Crippen LogP contribution in [0.15, 0.2) is 57.6 Å². The Balaban J connectivity index is 1.95. The summed E-state index contributed by atoms with van der Waals surface area (Å²) in [5.74, 6) is -0.452. The van der Waals surface area contributed by atoms with Gasteiger partial charge in [0, 0.05) is 18.3 Å². The van der Waals surface area contributed by atoms with Gasteiger partial charge in [-0.1, -0.05) is 41.7 Å². The molecule has 3 aromatic rings. The van der Waals surface area contributed by atoms with Crippen LogP contribution in [0.4, 0.5) is 0 Å². The zero-order chi connectivity index (χ0) is 22.1. The van der Waals surface area contributed by atoms with Crippen LogP contribution >= 0.6 is 11.3 Å². The van der Waals surface area contributed by atoms with Crippen LogP contribution in [0.25, 0.3) is 6.08 Å². The molecule has 31 heavy (non-hydrogen) atoms. The molecule has 1 atom stereocenters. The van der Waals surface area contributed by atoms with Crippen molar-refractivity contribution in [1.82, 2.24) is 14.3 Å². The van der Waals surface area contributed by atoms with Gasteiger partial charge in [0.05, 0.1) is 34.1 Å². The second kappa shape index (κ2) is 8.47. The summed E-state index contributed by atoms with van der Waals surface area (Å²) < 4.78 is 9.30. The van der Waals surface area contributed by atoms with E-state index in [-0.39, 0.29) is 12.2 Å². The zero-order valence-electron chi connectivity index (χ0n) is 18.0. The quantitative estimate of drug-likeness (QED) is 0.575. The second-order valence-electron chi connectivity index (χ2n) is 7.24. The van der Waals surface area contributed by atoms with Crippen molar-refractivity contribution in [2.45, 2.75) is 40.3 Å². The number of aryl methyl sites for hydroxylation is 2. The lowest BCUT2D eigenvalue weighted by Gasteiger charge is -2.24. The van der Waals surface area contributed by atoms with Gasteiger partial charge >= 0.3 is 5.97 Å². The molecular weight excluding hydrogens is 412 g/mol. The molecule has 160 valence electrons. The zero-order valence-corrected chi connectivity index (χ0v) is 18.8. The van der Waals surface area contributed by atoms with Crippen molar-refractivity contribution in [2.24, 2.45) is 4.99 Å². The number of esters is 1. The number of fused-ring (bicyclic) bond motifs is 1. The van der Waals surface area contributed by atoms with Crippen molar-refractivity contribution < 1.29 is 9.53 Å². The molecule has 0 bridgehead atoms. The lowest BCUT2D eigenvalue weighted by atomic mass is 9.96. The average Bonchev–Trinajstić information content (AvgIpc) is 3.27. The molecule has 8 heteroatoms. The Morgan fingerprint density at radius 2 is 1.97 bits per heavy atom. The third kappa shape index (κ3) is 3.79. The van der Waals surface area contributed by atoms with Gasteiger partial charge in [-0.15, -0.1) is 0 Å². The first-order chi connectivity index (χ1) is 14.9. The summed E-state index contributed by atoms with van der Waals surface area (Å²) in [6.07, 6.45) is 3.78. The first kappa shape index (κ1) is 21.0. The molecule has 1 aliphatic rings. The smallest absolute Gasteiger partial charge is 0.338 e. The second-order valence-corrected chi connectivity index (χ2v) is 8.25. The molecule has 0 spiro atoms. The number of thiazole rings is 1. The van der Waals surface area contributed by atoms with Gasteiger partial charge in [0.15, 0.2) is 4.80 Å². The number of rotatable bonds is 5. The van der Waals surface area contributed by atoms with Crippen molar-refractivity contribution in [1.29, 1.82) is 0 Å². The first-order valence-electron chi connectivity index (χ1n) is 10.2. The Morgan fingerprint density at radius 1 is 1.23 bits per heavy atom. The highest BCUT2D eigenvalue weighted by Crippen LogP contribution is 2.30. The summed E-state index contributed by atoms with van der Waals surface area (Å²) in [6.45, 7) is 8.50. The van der Waals surface area contributed by atoms with Crippen LogP contribution in [0.3, 0.4) is 0 Å². The number of allylic oxidation sites excluding steroid dienone is 1. The van der Waals surface area contributed by atoms with E-state index in [0.717, 1.165) is 23.4 Å². The van der Waals surface area contributed by atoms with E-state index in [1.54, 1.807) is 18.4 Å². The normalized spacial score (nSPS) is 16.3. The van der Waals surface area contributed by atoms with Gasteiger partial charge in [-0.3, -0.25) is 14.0 Å². The fourth-order valence-corrected chi connectivity index (χ4v) is 4.76. The Bertz CT molecular complexity index is 1350. The number of carbonyl (C=O) groups is 1. The van der Waals surface area contributed by atoms with E-state index in [9.17, 15) is 9.59 Å². The third-order valence-corrected chi connectivity index (χ3v) is 6.21. The topological polar surface area (TPSA) is 78.5 Å². The van der Waals surface area contributed by atoms with Crippen LogP contribution in [-0.4, -0.2) is 26.9 Å². The predicted octanol–water partition coefficient (Wildman–Crippen LogP) is 2.32. The minimum atomic E-state index is -0.585. The SMILES string of the molecule is CCOC(=O)C1=C(C)N=c2sc(=Cc3cn(CC)nc3C)c(=O)n2[C@@H]1c1ccccc1. The number of hydrogen-bond acceptors (Lipinski definition) is 6. The molecule has 0 N–H and O–H groups in total. The number of aromatic nitrogens is 3. The van der Waals surface area contributed by atoms with Crippen molar-refractivity contribution in [2.75, 3.05) is 6.61 Å². The highest BCUT2D eigenvalue weighted by atomic mass is 32.1. The maximum atomic E-state index is 13.5. The molecule has 3 heterocycles. The van der Waals surface area contributed by atoms with Gasteiger partial charge in [-0.05, 0) is 39.3 Å². The predicted molar refractivity (Wildman–Crippen MR) is 119 cm³/mol.